The largest absolute Gasteiger partial charge is 0.380 e. The molecular formula is C28H29F2N7O. The molecule has 2 saturated carbocycles. The number of ether oxygens (including phenoxy) is 1. The Morgan fingerprint density at radius 3 is 2.68 bits per heavy atom. The molecule has 2 atom stereocenters. The van der Waals surface area contributed by atoms with Gasteiger partial charge in [-0.2, -0.15) is 0 Å². The summed E-state index contributed by atoms with van der Waals surface area (Å²) in [6.45, 7) is 0.585. The minimum absolute atomic E-state index is 0.112. The van der Waals surface area contributed by atoms with E-state index in [1.54, 1.807) is 31.6 Å². The lowest BCUT2D eigenvalue weighted by molar-refractivity contribution is 0.0412. The molecule has 10 heteroatoms. The molecule has 0 spiro atoms. The van der Waals surface area contributed by atoms with E-state index in [1.807, 2.05) is 6.20 Å². The number of aromatic nitrogens is 5. The molecule has 2 N–H and O–H groups in total. The summed E-state index contributed by atoms with van der Waals surface area (Å²) in [6, 6.07) is 4.57. The summed E-state index contributed by atoms with van der Waals surface area (Å²) in [5, 5.41) is 7.59. The number of rotatable bonds is 8. The summed E-state index contributed by atoms with van der Waals surface area (Å²) in [5.74, 6) is -0.296. The quantitative estimate of drug-likeness (QED) is 0.319. The van der Waals surface area contributed by atoms with Crippen molar-refractivity contribution in [3.63, 3.8) is 0 Å². The number of pyridine rings is 3. The van der Waals surface area contributed by atoms with E-state index in [-0.39, 0.29) is 18.0 Å². The van der Waals surface area contributed by atoms with Crippen LogP contribution in [0.1, 0.15) is 55.7 Å². The van der Waals surface area contributed by atoms with Crippen molar-refractivity contribution in [1.82, 2.24) is 30.2 Å². The van der Waals surface area contributed by atoms with Crippen LogP contribution >= 0.6 is 0 Å². The predicted molar refractivity (Wildman–Crippen MR) is 140 cm³/mol. The summed E-state index contributed by atoms with van der Waals surface area (Å²) in [5.41, 5.74) is 3.62. The molecule has 0 bridgehead atoms. The molecule has 0 saturated heterocycles. The Morgan fingerprint density at radius 2 is 1.87 bits per heavy atom. The van der Waals surface area contributed by atoms with Gasteiger partial charge in [0.25, 0.3) is 0 Å². The number of anilines is 2. The lowest BCUT2D eigenvalue weighted by Crippen LogP contribution is -2.42. The maximum absolute atomic E-state index is 14.1. The second kappa shape index (κ2) is 10.6. The van der Waals surface area contributed by atoms with Crippen molar-refractivity contribution in [2.45, 2.75) is 63.1 Å². The standard InChI is InChI=1S/C28H29F2N7O/c1-38-24-5-3-2-4-21(24)33-15-23-26-19(16-6-7-16)13-31-14-22(26)35-27(36-23)17-8-9-32-25(10-17)37-28-20(30)11-18(29)12-34-28/h8-14,16,21,24,33H,2-7,15H2,1H3,(H,32,34,37). The van der Waals surface area contributed by atoms with Crippen molar-refractivity contribution in [1.29, 1.82) is 0 Å². The summed E-state index contributed by atoms with van der Waals surface area (Å²) < 4.78 is 33.2. The van der Waals surface area contributed by atoms with Gasteiger partial charge in [-0.05, 0) is 49.3 Å². The minimum Gasteiger partial charge on any atom is -0.380 e. The van der Waals surface area contributed by atoms with Gasteiger partial charge in [0.15, 0.2) is 17.5 Å². The van der Waals surface area contributed by atoms with Crippen LogP contribution in [-0.4, -0.2) is 44.2 Å². The van der Waals surface area contributed by atoms with Crippen LogP contribution in [0.4, 0.5) is 20.4 Å². The summed E-state index contributed by atoms with van der Waals surface area (Å²) in [4.78, 5) is 22.4. The molecule has 0 aromatic carbocycles. The van der Waals surface area contributed by atoms with Crippen molar-refractivity contribution in [3.05, 3.63) is 65.9 Å². The van der Waals surface area contributed by atoms with Gasteiger partial charge in [0.1, 0.15) is 11.6 Å². The zero-order valence-electron chi connectivity index (χ0n) is 21.1. The Morgan fingerprint density at radius 1 is 1.00 bits per heavy atom. The highest BCUT2D eigenvalue weighted by molar-refractivity contribution is 5.86. The maximum Gasteiger partial charge on any atom is 0.168 e. The topological polar surface area (TPSA) is 97.7 Å². The number of halogens is 2. The first kappa shape index (κ1) is 24.7. The van der Waals surface area contributed by atoms with Gasteiger partial charge < -0.3 is 15.4 Å². The van der Waals surface area contributed by atoms with E-state index in [1.165, 1.54) is 18.4 Å². The monoisotopic (exact) mass is 517 g/mol. The van der Waals surface area contributed by atoms with Gasteiger partial charge in [-0.25, -0.2) is 28.7 Å². The third-order valence-corrected chi connectivity index (χ3v) is 7.34. The third-order valence-electron chi connectivity index (χ3n) is 7.34. The Balaban J connectivity index is 1.35. The van der Waals surface area contributed by atoms with E-state index >= 15 is 0 Å². The second-order valence-corrected chi connectivity index (χ2v) is 9.98. The van der Waals surface area contributed by atoms with Crippen LogP contribution in [0.15, 0.2) is 43.0 Å². The van der Waals surface area contributed by atoms with Crippen LogP contribution in [0.25, 0.3) is 22.3 Å². The highest BCUT2D eigenvalue weighted by atomic mass is 19.1. The van der Waals surface area contributed by atoms with E-state index in [9.17, 15) is 8.78 Å². The van der Waals surface area contributed by atoms with Gasteiger partial charge in [0.05, 0.1) is 29.7 Å². The zero-order valence-corrected chi connectivity index (χ0v) is 21.1. The van der Waals surface area contributed by atoms with Crippen molar-refractivity contribution < 1.29 is 13.5 Å². The normalized spacial score (nSPS) is 19.6. The number of hydrogen-bond acceptors (Lipinski definition) is 8. The summed E-state index contributed by atoms with van der Waals surface area (Å²) >= 11 is 0. The average molecular weight is 518 g/mol. The molecule has 6 rings (SSSR count). The van der Waals surface area contributed by atoms with Crippen molar-refractivity contribution in [3.8, 4) is 11.4 Å². The maximum atomic E-state index is 14.1. The molecule has 2 fully saturated rings. The third kappa shape index (κ3) is 5.19. The summed E-state index contributed by atoms with van der Waals surface area (Å²) in [7, 11) is 1.78. The van der Waals surface area contributed by atoms with Crippen LogP contribution in [0.5, 0.6) is 0 Å². The molecule has 4 aromatic heterocycles. The molecular weight excluding hydrogens is 488 g/mol. The number of fused-ring (bicyclic) bond motifs is 1. The van der Waals surface area contributed by atoms with Crippen molar-refractivity contribution >= 4 is 22.5 Å². The Bertz CT molecular complexity index is 1460. The number of nitrogens with zero attached hydrogens (tertiary/aromatic N) is 5. The first-order valence-corrected chi connectivity index (χ1v) is 13.0. The molecule has 0 amide bonds. The fourth-order valence-electron chi connectivity index (χ4n) is 5.25. The van der Waals surface area contributed by atoms with E-state index in [2.05, 4.69) is 25.6 Å². The molecule has 2 unspecified atom stereocenters. The molecule has 4 aromatic rings. The molecule has 8 nitrogen and oxygen atoms in total. The van der Waals surface area contributed by atoms with Crippen LogP contribution in [0.2, 0.25) is 0 Å². The Labute approximate surface area is 219 Å². The minimum atomic E-state index is -0.803. The molecule has 38 heavy (non-hydrogen) atoms. The molecule has 2 aliphatic rings. The van der Waals surface area contributed by atoms with Gasteiger partial charge in [0, 0.05) is 49.1 Å². The van der Waals surface area contributed by atoms with Gasteiger partial charge in [-0.15, -0.1) is 0 Å². The Hall–Kier alpha value is -3.63. The lowest BCUT2D eigenvalue weighted by atomic mass is 9.92. The van der Waals surface area contributed by atoms with E-state index in [0.29, 0.717) is 29.7 Å². The first-order chi connectivity index (χ1) is 18.6. The predicted octanol–water partition coefficient (Wildman–Crippen LogP) is 5.43. The molecule has 4 heterocycles. The van der Waals surface area contributed by atoms with Crippen LogP contribution in [-0.2, 0) is 11.3 Å². The van der Waals surface area contributed by atoms with E-state index in [0.717, 1.165) is 54.5 Å². The summed E-state index contributed by atoms with van der Waals surface area (Å²) in [6.07, 6.45) is 13.3. The highest BCUT2D eigenvalue weighted by Gasteiger charge is 2.29. The number of nitrogens with one attached hydrogen (secondary N) is 2. The van der Waals surface area contributed by atoms with Gasteiger partial charge >= 0.3 is 0 Å². The average Bonchev–Trinajstić information content (AvgIpc) is 3.79. The fraction of sp³-hybridized carbons (Fsp3) is 0.393. The van der Waals surface area contributed by atoms with E-state index < -0.39 is 11.6 Å². The van der Waals surface area contributed by atoms with Gasteiger partial charge in [-0.1, -0.05) is 12.8 Å². The highest BCUT2D eigenvalue weighted by Crippen LogP contribution is 2.43. The van der Waals surface area contributed by atoms with Crippen molar-refractivity contribution in [2.24, 2.45) is 0 Å². The lowest BCUT2D eigenvalue weighted by Gasteiger charge is -2.31. The zero-order chi connectivity index (χ0) is 26.1. The van der Waals surface area contributed by atoms with Crippen LogP contribution in [0.3, 0.4) is 0 Å². The van der Waals surface area contributed by atoms with Gasteiger partial charge in [0.2, 0.25) is 0 Å². The molecule has 0 aliphatic heterocycles. The molecule has 196 valence electrons. The number of methoxy groups -OCH3 is 1. The number of hydrogen-bond donors (Lipinski definition) is 2. The van der Waals surface area contributed by atoms with Crippen LogP contribution < -0.4 is 10.6 Å². The van der Waals surface area contributed by atoms with E-state index in [4.69, 9.17) is 14.7 Å². The molecule has 2 aliphatic carbocycles. The second-order valence-electron chi connectivity index (χ2n) is 9.98. The van der Waals surface area contributed by atoms with Crippen molar-refractivity contribution in [2.75, 3.05) is 12.4 Å². The van der Waals surface area contributed by atoms with Crippen LogP contribution in [0, 0.1) is 11.6 Å². The fourth-order valence-corrected chi connectivity index (χ4v) is 5.25. The van der Waals surface area contributed by atoms with Gasteiger partial charge in [-0.3, -0.25) is 4.98 Å². The molecule has 0 radical (unpaired) electrons. The first-order valence-electron chi connectivity index (χ1n) is 13.0. The Kier molecular flexibility index (Phi) is 6.90. The SMILES string of the molecule is COC1CCCCC1NCc1nc(-c2ccnc(Nc3ncc(F)cc3F)c2)nc2cncc(C3CC3)c12. The smallest absolute Gasteiger partial charge is 0.168 e.